The lowest BCUT2D eigenvalue weighted by molar-refractivity contribution is 0.250. The van der Waals surface area contributed by atoms with Crippen LogP contribution in [0.2, 0.25) is 0 Å². The number of nitrogens with zero attached hydrogens (tertiary/aromatic N) is 2. The number of anilines is 2. The van der Waals surface area contributed by atoms with E-state index < -0.39 is 0 Å². The molecule has 0 bridgehead atoms. The molecule has 1 aliphatic rings. The van der Waals surface area contributed by atoms with Crippen molar-refractivity contribution < 1.29 is 4.74 Å². The van der Waals surface area contributed by atoms with E-state index in [9.17, 15) is 0 Å². The van der Waals surface area contributed by atoms with E-state index >= 15 is 0 Å². The highest BCUT2D eigenvalue weighted by Crippen LogP contribution is 2.23. The van der Waals surface area contributed by atoms with Crippen LogP contribution in [0.4, 0.5) is 11.4 Å². The third kappa shape index (κ3) is 3.34. The Kier molecular flexibility index (Phi) is 4.49. The Labute approximate surface area is 132 Å². The molecule has 0 amide bonds. The molecule has 2 aromatic rings. The van der Waals surface area contributed by atoms with Crippen LogP contribution in [0.25, 0.3) is 0 Å². The fourth-order valence-electron chi connectivity index (χ4n) is 2.89. The maximum absolute atomic E-state index is 6.04. The zero-order valence-electron chi connectivity index (χ0n) is 13.0. The summed E-state index contributed by atoms with van der Waals surface area (Å²) in [6.45, 7) is 5.08. The second kappa shape index (κ2) is 6.71. The van der Waals surface area contributed by atoms with Crippen molar-refractivity contribution in [3.05, 3.63) is 54.1 Å². The van der Waals surface area contributed by atoms with Crippen LogP contribution < -0.4 is 15.4 Å². The number of piperazine rings is 1. The van der Waals surface area contributed by atoms with Gasteiger partial charge in [0.25, 0.3) is 0 Å². The van der Waals surface area contributed by atoms with E-state index in [1.54, 1.807) is 7.11 Å². The topological polar surface area (TPSA) is 41.7 Å². The van der Waals surface area contributed by atoms with Gasteiger partial charge in [-0.3, -0.25) is 4.90 Å². The van der Waals surface area contributed by atoms with Crippen LogP contribution in [0, 0.1) is 0 Å². The molecule has 0 radical (unpaired) electrons. The molecule has 0 atom stereocenters. The number of para-hydroxylation sites is 1. The van der Waals surface area contributed by atoms with Gasteiger partial charge in [0.1, 0.15) is 5.75 Å². The summed E-state index contributed by atoms with van der Waals surface area (Å²) < 4.78 is 5.31. The lowest BCUT2D eigenvalue weighted by Crippen LogP contribution is -2.46. The van der Waals surface area contributed by atoms with E-state index in [0.717, 1.165) is 44.2 Å². The largest absolute Gasteiger partial charge is 0.497 e. The molecule has 4 heteroatoms. The first kappa shape index (κ1) is 14.7. The maximum atomic E-state index is 6.04. The predicted molar refractivity (Wildman–Crippen MR) is 91.3 cm³/mol. The van der Waals surface area contributed by atoms with Gasteiger partial charge < -0.3 is 15.4 Å². The summed E-state index contributed by atoms with van der Waals surface area (Å²) in [7, 11) is 1.71. The summed E-state index contributed by atoms with van der Waals surface area (Å²) in [4.78, 5) is 4.87. The predicted octanol–water partition coefficient (Wildman–Crippen LogP) is 2.60. The Hall–Kier alpha value is -2.20. The summed E-state index contributed by atoms with van der Waals surface area (Å²) in [6.07, 6.45) is 0. The molecule has 0 spiro atoms. The third-order valence-corrected chi connectivity index (χ3v) is 4.24. The second-order valence-electron chi connectivity index (χ2n) is 5.66. The minimum absolute atomic E-state index is 0.887. The number of hydrogen-bond donors (Lipinski definition) is 1. The van der Waals surface area contributed by atoms with Gasteiger partial charge in [-0.1, -0.05) is 24.3 Å². The second-order valence-corrected chi connectivity index (χ2v) is 5.66. The lowest BCUT2D eigenvalue weighted by atomic mass is 10.1. The van der Waals surface area contributed by atoms with Gasteiger partial charge in [-0.05, 0) is 23.8 Å². The van der Waals surface area contributed by atoms with E-state index in [4.69, 9.17) is 10.5 Å². The van der Waals surface area contributed by atoms with Crippen LogP contribution in [0.3, 0.4) is 0 Å². The van der Waals surface area contributed by atoms with Gasteiger partial charge in [0.2, 0.25) is 0 Å². The molecule has 22 heavy (non-hydrogen) atoms. The molecular weight excluding hydrogens is 274 g/mol. The molecule has 0 unspecified atom stereocenters. The van der Waals surface area contributed by atoms with Crippen LogP contribution >= 0.6 is 0 Å². The zero-order valence-corrected chi connectivity index (χ0v) is 13.0. The van der Waals surface area contributed by atoms with E-state index in [-0.39, 0.29) is 0 Å². The highest BCUT2D eigenvalue weighted by molar-refractivity contribution is 5.51. The van der Waals surface area contributed by atoms with Crippen molar-refractivity contribution in [2.75, 3.05) is 43.9 Å². The highest BCUT2D eigenvalue weighted by Gasteiger charge is 2.18. The number of ether oxygens (including phenoxy) is 1. The SMILES string of the molecule is COc1cccc(N2CCN(Cc3ccccc3N)CC2)c1. The van der Waals surface area contributed by atoms with Gasteiger partial charge in [-0.2, -0.15) is 0 Å². The molecule has 0 saturated carbocycles. The van der Waals surface area contributed by atoms with E-state index in [1.165, 1.54) is 11.3 Å². The minimum atomic E-state index is 0.887. The molecule has 1 heterocycles. The van der Waals surface area contributed by atoms with Crippen LogP contribution in [0.15, 0.2) is 48.5 Å². The number of nitrogens with two attached hydrogens (primary N) is 1. The number of hydrogen-bond acceptors (Lipinski definition) is 4. The fraction of sp³-hybridized carbons (Fsp3) is 0.333. The number of nitrogen functional groups attached to an aromatic ring is 1. The normalized spacial score (nSPS) is 15.8. The van der Waals surface area contributed by atoms with Crippen LogP contribution in [0.1, 0.15) is 5.56 Å². The Bertz CT molecular complexity index is 621. The van der Waals surface area contributed by atoms with Crippen molar-refractivity contribution in [2.45, 2.75) is 6.54 Å². The van der Waals surface area contributed by atoms with Crippen LogP contribution in [-0.2, 0) is 6.54 Å². The molecule has 1 aliphatic heterocycles. The van der Waals surface area contributed by atoms with Crippen molar-refractivity contribution in [1.29, 1.82) is 0 Å². The molecule has 1 saturated heterocycles. The molecule has 3 rings (SSSR count). The number of benzene rings is 2. The average Bonchev–Trinajstić information content (AvgIpc) is 2.58. The van der Waals surface area contributed by atoms with E-state index in [2.05, 4.69) is 34.1 Å². The van der Waals surface area contributed by atoms with Gasteiger partial charge in [0.05, 0.1) is 7.11 Å². The number of rotatable bonds is 4. The summed E-state index contributed by atoms with van der Waals surface area (Å²) in [5.41, 5.74) is 9.38. The fourth-order valence-corrected chi connectivity index (χ4v) is 2.89. The zero-order chi connectivity index (χ0) is 15.4. The molecule has 0 aromatic heterocycles. The molecular formula is C18H23N3O. The van der Waals surface area contributed by atoms with Gasteiger partial charge >= 0.3 is 0 Å². The molecule has 116 valence electrons. The van der Waals surface area contributed by atoms with E-state index in [0.29, 0.717) is 0 Å². The van der Waals surface area contributed by atoms with Crippen LogP contribution in [-0.4, -0.2) is 38.2 Å². The molecule has 2 aromatic carbocycles. The first-order valence-corrected chi connectivity index (χ1v) is 7.71. The van der Waals surface area contributed by atoms with Crippen molar-refractivity contribution in [3.8, 4) is 5.75 Å². The molecule has 4 nitrogen and oxygen atoms in total. The summed E-state index contributed by atoms with van der Waals surface area (Å²) in [5, 5.41) is 0. The maximum Gasteiger partial charge on any atom is 0.120 e. The van der Waals surface area contributed by atoms with Gasteiger partial charge in [-0.15, -0.1) is 0 Å². The van der Waals surface area contributed by atoms with Gasteiger partial charge in [0, 0.05) is 50.2 Å². The molecule has 0 aliphatic carbocycles. The van der Waals surface area contributed by atoms with Gasteiger partial charge in [-0.25, -0.2) is 0 Å². The minimum Gasteiger partial charge on any atom is -0.497 e. The lowest BCUT2D eigenvalue weighted by Gasteiger charge is -2.36. The first-order valence-electron chi connectivity index (χ1n) is 7.71. The summed E-state index contributed by atoms with van der Waals surface area (Å²) in [5.74, 6) is 0.914. The summed E-state index contributed by atoms with van der Waals surface area (Å²) in [6, 6.07) is 16.4. The van der Waals surface area contributed by atoms with Crippen molar-refractivity contribution in [3.63, 3.8) is 0 Å². The quantitative estimate of drug-likeness (QED) is 0.881. The van der Waals surface area contributed by atoms with Gasteiger partial charge in [0.15, 0.2) is 0 Å². The Morgan fingerprint density at radius 2 is 1.77 bits per heavy atom. The summed E-state index contributed by atoms with van der Waals surface area (Å²) >= 11 is 0. The third-order valence-electron chi connectivity index (χ3n) is 4.24. The Morgan fingerprint density at radius 1 is 1.00 bits per heavy atom. The standard InChI is InChI=1S/C18H23N3O/c1-22-17-7-4-6-16(13-17)21-11-9-20(10-12-21)14-15-5-2-3-8-18(15)19/h2-8,13H,9-12,14,19H2,1H3. The van der Waals surface area contributed by atoms with Crippen molar-refractivity contribution in [2.24, 2.45) is 0 Å². The van der Waals surface area contributed by atoms with Crippen molar-refractivity contribution in [1.82, 2.24) is 4.90 Å². The Balaban J connectivity index is 1.59. The highest BCUT2D eigenvalue weighted by atomic mass is 16.5. The number of methoxy groups -OCH3 is 1. The smallest absolute Gasteiger partial charge is 0.120 e. The first-order chi connectivity index (χ1) is 10.8. The Morgan fingerprint density at radius 3 is 2.50 bits per heavy atom. The van der Waals surface area contributed by atoms with Crippen LogP contribution in [0.5, 0.6) is 5.75 Å². The average molecular weight is 297 g/mol. The van der Waals surface area contributed by atoms with E-state index in [1.807, 2.05) is 24.3 Å². The monoisotopic (exact) mass is 297 g/mol. The van der Waals surface area contributed by atoms with Crippen molar-refractivity contribution >= 4 is 11.4 Å². The molecule has 1 fully saturated rings. The molecule has 2 N–H and O–H groups in total.